The van der Waals surface area contributed by atoms with Gasteiger partial charge in [-0.2, -0.15) is 4.98 Å². The molecule has 8 nitrogen and oxygen atoms in total. The maximum atomic E-state index is 12.2. The Morgan fingerprint density at radius 3 is 2.59 bits per heavy atom. The van der Waals surface area contributed by atoms with E-state index in [1.165, 1.54) is 23.9 Å². The van der Waals surface area contributed by atoms with Crippen molar-refractivity contribution in [1.82, 2.24) is 20.1 Å². The Labute approximate surface area is 166 Å². The van der Waals surface area contributed by atoms with Gasteiger partial charge in [0.2, 0.25) is 11.7 Å². The molecule has 0 spiro atoms. The fourth-order valence-electron chi connectivity index (χ4n) is 2.43. The molecule has 3 aromatic rings. The molecule has 3 rings (SSSR count). The SMILES string of the molecule is Cc1nc(SCc2nc(-c3ccc(OC(F)(F)F)cc3)no2)[nH]c(=O)c1CCO. The van der Waals surface area contributed by atoms with Crippen molar-refractivity contribution in [3.05, 3.63) is 51.8 Å². The molecule has 0 aliphatic rings. The standard InChI is InChI=1S/C17H15F3N4O4S/c1-9-12(6-7-25)15(26)23-16(21-9)29-8-13-22-14(24-28-13)10-2-4-11(5-3-10)27-17(18,19)20/h2-5,25H,6-8H2,1H3,(H,21,23,26). The van der Waals surface area contributed by atoms with Gasteiger partial charge in [-0.05, 0) is 31.2 Å². The number of hydrogen-bond donors (Lipinski definition) is 2. The number of halogens is 3. The van der Waals surface area contributed by atoms with Gasteiger partial charge in [0.15, 0.2) is 5.16 Å². The number of hydrogen-bond acceptors (Lipinski definition) is 8. The van der Waals surface area contributed by atoms with Crippen LogP contribution in [0.4, 0.5) is 13.2 Å². The highest BCUT2D eigenvalue weighted by molar-refractivity contribution is 7.98. The van der Waals surface area contributed by atoms with Crippen molar-refractivity contribution >= 4 is 11.8 Å². The van der Waals surface area contributed by atoms with E-state index in [0.717, 1.165) is 12.1 Å². The van der Waals surface area contributed by atoms with Gasteiger partial charge in [0.1, 0.15) is 5.75 Å². The molecule has 0 bridgehead atoms. The number of thioether (sulfide) groups is 1. The maximum absolute atomic E-state index is 12.2. The topological polar surface area (TPSA) is 114 Å². The van der Waals surface area contributed by atoms with E-state index in [0.29, 0.717) is 22.0 Å². The maximum Gasteiger partial charge on any atom is 0.573 e. The minimum atomic E-state index is -4.76. The summed E-state index contributed by atoms with van der Waals surface area (Å²) in [7, 11) is 0. The molecule has 154 valence electrons. The molecule has 0 amide bonds. The smallest absolute Gasteiger partial charge is 0.406 e. The zero-order chi connectivity index (χ0) is 21.0. The van der Waals surface area contributed by atoms with E-state index in [4.69, 9.17) is 9.63 Å². The monoisotopic (exact) mass is 428 g/mol. The van der Waals surface area contributed by atoms with Gasteiger partial charge in [-0.3, -0.25) is 4.79 Å². The molecule has 0 saturated heterocycles. The van der Waals surface area contributed by atoms with Crippen LogP contribution in [0.3, 0.4) is 0 Å². The first-order chi connectivity index (χ1) is 13.7. The number of aliphatic hydroxyl groups is 1. The number of nitrogens with zero attached hydrogens (tertiary/aromatic N) is 3. The molecule has 12 heteroatoms. The third-order valence-corrected chi connectivity index (χ3v) is 4.57. The fourth-order valence-corrected chi connectivity index (χ4v) is 3.17. The lowest BCUT2D eigenvalue weighted by atomic mass is 10.2. The van der Waals surface area contributed by atoms with Gasteiger partial charge in [-0.1, -0.05) is 16.9 Å². The fraction of sp³-hybridized carbons (Fsp3) is 0.294. The molecular formula is C17H15F3N4O4S. The zero-order valence-corrected chi connectivity index (χ0v) is 15.8. The highest BCUT2D eigenvalue weighted by Gasteiger charge is 2.31. The van der Waals surface area contributed by atoms with Crippen LogP contribution in [0.15, 0.2) is 38.7 Å². The highest BCUT2D eigenvalue weighted by atomic mass is 32.2. The number of ether oxygens (including phenoxy) is 1. The summed E-state index contributed by atoms with van der Waals surface area (Å²) in [4.78, 5) is 23.1. The minimum Gasteiger partial charge on any atom is -0.406 e. The molecule has 2 aromatic heterocycles. The molecule has 0 aliphatic carbocycles. The Hall–Kier alpha value is -2.86. The predicted molar refractivity (Wildman–Crippen MR) is 96.4 cm³/mol. The van der Waals surface area contributed by atoms with Gasteiger partial charge in [0.05, 0.1) is 5.75 Å². The largest absolute Gasteiger partial charge is 0.573 e. The number of rotatable bonds is 7. The zero-order valence-electron chi connectivity index (χ0n) is 15.0. The second-order valence-corrected chi connectivity index (χ2v) is 6.75. The first-order valence-electron chi connectivity index (χ1n) is 8.27. The Bertz CT molecular complexity index is 1030. The van der Waals surface area contributed by atoms with Crippen molar-refractivity contribution in [3.8, 4) is 17.1 Å². The summed E-state index contributed by atoms with van der Waals surface area (Å²) < 4.78 is 45.5. The average molecular weight is 428 g/mol. The van der Waals surface area contributed by atoms with E-state index in [-0.39, 0.29) is 41.8 Å². The number of alkyl halides is 3. The van der Waals surface area contributed by atoms with E-state index in [1.54, 1.807) is 6.92 Å². The number of aliphatic hydroxyl groups excluding tert-OH is 1. The van der Waals surface area contributed by atoms with Crippen molar-refractivity contribution in [2.45, 2.75) is 30.6 Å². The second kappa shape index (κ2) is 8.66. The van der Waals surface area contributed by atoms with Crippen LogP contribution in [0.25, 0.3) is 11.4 Å². The lowest BCUT2D eigenvalue weighted by Gasteiger charge is -2.08. The molecule has 0 radical (unpaired) electrons. The number of aromatic amines is 1. The van der Waals surface area contributed by atoms with Gasteiger partial charge in [0.25, 0.3) is 5.56 Å². The van der Waals surface area contributed by atoms with Crippen molar-refractivity contribution in [2.75, 3.05) is 6.61 Å². The highest BCUT2D eigenvalue weighted by Crippen LogP contribution is 2.26. The summed E-state index contributed by atoms with van der Waals surface area (Å²) in [5.41, 5.74) is 1.09. The molecule has 0 saturated carbocycles. The van der Waals surface area contributed by atoms with E-state index in [1.807, 2.05) is 0 Å². The summed E-state index contributed by atoms with van der Waals surface area (Å²) in [5, 5.41) is 13.1. The van der Waals surface area contributed by atoms with Crippen LogP contribution in [-0.4, -0.2) is 38.2 Å². The first-order valence-corrected chi connectivity index (χ1v) is 9.26. The van der Waals surface area contributed by atoms with E-state index >= 15 is 0 Å². The average Bonchev–Trinajstić information content (AvgIpc) is 3.11. The number of benzene rings is 1. The molecular weight excluding hydrogens is 413 g/mol. The summed E-state index contributed by atoms with van der Waals surface area (Å²) >= 11 is 1.18. The predicted octanol–water partition coefficient (Wildman–Crippen LogP) is 2.85. The third-order valence-electron chi connectivity index (χ3n) is 3.71. The van der Waals surface area contributed by atoms with Gasteiger partial charge in [0, 0.05) is 29.8 Å². The lowest BCUT2D eigenvalue weighted by Crippen LogP contribution is -2.18. The second-order valence-electron chi connectivity index (χ2n) is 5.78. The van der Waals surface area contributed by atoms with E-state index in [2.05, 4.69) is 24.8 Å². The molecule has 0 unspecified atom stereocenters. The van der Waals surface area contributed by atoms with Crippen LogP contribution in [0.1, 0.15) is 17.1 Å². The van der Waals surface area contributed by atoms with E-state index < -0.39 is 6.36 Å². The molecule has 29 heavy (non-hydrogen) atoms. The Morgan fingerprint density at radius 1 is 1.24 bits per heavy atom. The van der Waals surface area contributed by atoms with Crippen molar-refractivity contribution in [3.63, 3.8) is 0 Å². The van der Waals surface area contributed by atoms with Crippen molar-refractivity contribution in [2.24, 2.45) is 0 Å². The minimum absolute atomic E-state index is 0.147. The summed E-state index contributed by atoms with van der Waals surface area (Å²) in [5.74, 6) is 0.329. The molecule has 1 aromatic carbocycles. The van der Waals surface area contributed by atoms with Crippen LogP contribution in [0.5, 0.6) is 5.75 Å². The van der Waals surface area contributed by atoms with Crippen molar-refractivity contribution in [1.29, 1.82) is 0 Å². The molecule has 0 fully saturated rings. The lowest BCUT2D eigenvalue weighted by molar-refractivity contribution is -0.274. The van der Waals surface area contributed by atoms with Crippen LogP contribution >= 0.6 is 11.8 Å². The molecule has 0 atom stereocenters. The van der Waals surface area contributed by atoms with Crippen molar-refractivity contribution < 1.29 is 27.5 Å². The quantitative estimate of drug-likeness (QED) is 0.436. The van der Waals surface area contributed by atoms with Crippen LogP contribution in [0.2, 0.25) is 0 Å². The Kier molecular flexibility index (Phi) is 6.23. The Balaban J connectivity index is 1.66. The van der Waals surface area contributed by atoms with Crippen LogP contribution in [-0.2, 0) is 12.2 Å². The number of aromatic nitrogens is 4. The van der Waals surface area contributed by atoms with Gasteiger partial charge < -0.3 is 19.4 Å². The van der Waals surface area contributed by atoms with Gasteiger partial charge in [-0.25, -0.2) is 4.98 Å². The molecule has 0 aliphatic heterocycles. The third kappa shape index (κ3) is 5.57. The molecule has 2 heterocycles. The number of aryl methyl sites for hydroxylation is 1. The number of H-pyrrole nitrogens is 1. The van der Waals surface area contributed by atoms with Crippen LogP contribution < -0.4 is 10.3 Å². The number of nitrogens with one attached hydrogen (secondary N) is 1. The van der Waals surface area contributed by atoms with E-state index in [9.17, 15) is 18.0 Å². The Morgan fingerprint density at radius 2 is 1.97 bits per heavy atom. The summed E-state index contributed by atoms with van der Waals surface area (Å²) in [6, 6.07) is 5.06. The van der Waals surface area contributed by atoms with Gasteiger partial charge in [-0.15, -0.1) is 13.2 Å². The van der Waals surface area contributed by atoms with Crippen LogP contribution in [0, 0.1) is 6.92 Å². The first kappa shape index (κ1) is 20.9. The summed E-state index contributed by atoms with van der Waals surface area (Å²) in [6.45, 7) is 1.54. The molecule has 2 N–H and O–H groups in total. The summed E-state index contributed by atoms with van der Waals surface area (Å²) in [6.07, 6.45) is -4.54. The van der Waals surface area contributed by atoms with Gasteiger partial charge >= 0.3 is 6.36 Å². The normalized spacial score (nSPS) is 11.6.